The lowest BCUT2D eigenvalue weighted by Crippen LogP contribution is -2.40. The van der Waals surface area contributed by atoms with E-state index in [1.807, 2.05) is 0 Å². The quantitative estimate of drug-likeness (QED) is 0.762. The lowest BCUT2D eigenvalue weighted by Gasteiger charge is -2.22. The highest BCUT2D eigenvalue weighted by Crippen LogP contribution is 2.17. The highest BCUT2D eigenvalue weighted by atomic mass is 32.2. The van der Waals surface area contributed by atoms with Crippen molar-refractivity contribution >= 4 is 17.7 Å². The molecule has 0 aliphatic rings. The van der Waals surface area contributed by atoms with E-state index in [0.29, 0.717) is 10.7 Å². The molecule has 0 unspecified atom stereocenters. The molecule has 0 aromatic heterocycles. The molecule has 0 rings (SSSR count). The number of aliphatic hydroxyl groups is 1. The van der Waals surface area contributed by atoms with E-state index in [2.05, 4.69) is 0 Å². The third-order valence-electron chi connectivity index (χ3n) is 1.61. The van der Waals surface area contributed by atoms with Crippen LogP contribution in [0.1, 0.15) is 6.42 Å². The molecule has 3 nitrogen and oxygen atoms in total. The first-order valence-corrected chi connectivity index (χ1v) is 5.74. The van der Waals surface area contributed by atoms with Gasteiger partial charge in [-0.15, -0.1) is 0 Å². The van der Waals surface area contributed by atoms with Crippen molar-refractivity contribution < 1.29 is 23.1 Å². The van der Waals surface area contributed by atoms with E-state index >= 15 is 0 Å². The zero-order valence-electron chi connectivity index (χ0n) is 8.38. The normalized spacial score (nSPS) is 11.5. The summed E-state index contributed by atoms with van der Waals surface area (Å²) in [6.45, 7) is -2.02. The first kappa shape index (κ1) is 14.6. The number of aliphatic hydroxyl groups excluding tert-OH is 1. The summed E-state index contributed by atoms with van der Waals surface area (Å²) in [5.41, 5.74) is 0. The maximum Gasteiger partial charge on any atom is 0.406 e. The molecule has 90 valence electrons. The third-order valence-corrected chi connectivity index (χ3v) is 2.23. The molecule has 0 fully saturated rings. The minimum absolute atomic E-state index is 0.0667. The number of halogens is 3. The molecule has 7 heteroatoms. The Bertz CT molecular complexity index is 199. The van der Waals surface area contributed by atoms with Gasteiger partial charge in [-0.1, -0.05) is 0 Å². The molecule has 0 saturated carbocycles. The molecule has 0 aliphatic carbocycles. The van der Waals surface area contributed by atoms with E-state index in [1.165, 1.54) is 11.8 Å². The van der Waals surface area contributed by atoms with Crippen LogP contribution < -0.4 is 0 Å². The number of hydrogen-bond donors (Lipinski definition) is 1. The molecule has 0 aliphatic heterocycles. The average Bonchev–Trinajstić information content (AvgIpc) is 2.11. The number of carbonyl (C=O) groups excluding carboxylic acids is 1. The predicted molar refractivity (Wildman–Crippen MR) is 52.7 cm³/mol. The summed E-state index contributed by atoms with van der Waals surface area (Å²) in [5, 5.41) is 8.54. The van der Waals surface area contributed by atoms with Gasteiger partial charge in [-0.05, 0) is 6.26 Å². The number of nitrogens with zero attached hydrogens (tertiary/aromatic N) is 1. The van der Waals surface area contributed by atoms with Crippen molar-refractivity contribution in [3.05, 3.63) is 0 Å². The largest absolute Gasteiger partial charge is 0.406 e. The monoisotopic (exact) mass is 245 g/mol. The molecule has 0 aromatic rings. The van der Waals surface area contributed by atoms with Gasteiger partial charge in [-0.3, -0.25) is 4.79 Å². The Hall–Kier alpha value is -0.430. The molecule has 0 aromatic carbocycles. The van der Waals surface area contributed by atoms with Crippen LogP contribution in [0.15, 0.2) is 0 Å². The Morgan fingerprint density at radius 1 is 1.47 bits per heavy atom. The smallest absolute Gasteiger partial charge is 0.395 e. The van der Waals surface area contributed by atoms with E-state index in [-0.39, 0.29) is 13.0 Å². The van der Waals surface area contributed by atoms with Crippen LogP contribution in [0.5, 0.6) is 0 Å². The van der Waals surface area contributed by atoms with Gasteiger partial charge in [0.2, 0.25) is 5.91 Å². The van der Waals surface area contributed by atoms with Gasteiger partial charge in [-0.2, -0.15) is 24.9 Å². The zero-order chi connectivity index (χ0) is 11.9. The number of rotatable bonds is 6. The van der Waals surface area contributed by atoms with Gasteiger partial charge in [0.05, 0.1) is 6.61 Å². The summed E-state index contributed by atoms with van der Waals surface area (Å²) >= 11 is 1.39. The van der Waals surface area contributed by atoms with Gasteiger partial charge < -0.3 is 10.0 Å². The SMILES string of the molecule is CSCCC(=O)N(CCO)CC(F)(F)F. The molecule has 15 heavy (non-hydrogen) atoms. The molecule has 0 radical (unpaired) electrons. The van der Waals surface area contributed by atoms with E-state index in [0.717, 1.165) is 0 Å². The molecule has 0 atom stereocenters. The molecule has 0 heterocycles. The number of alkyl halides is 3. The second kappa shape index (κ2) is 6.95. The van der Waals surface area contributed by atoms with Crippen molar-refractivity contribution in [3.8, 4) is 0 Å². The second-order valence-electron chi connectivity index (χ2n) is 2.90. The van der Waals surface area contributed by atoms with Crippen LogP contribution in [0.25, 0.3) is 0 Å². The van der Waals surface area contributed by atoms with Crippen molar-refractivity contribution in [2.75, 3.05) is 31.7 Å². The molecule has 1 N–H and O–H groups in total. The van der Waals surface area contributed by atoms with E-state index < -0.39 is 25.2 Å². The van der Waals surface area contributed by atoms with Crippen molar-refractivity contribution in [2.45, 2.75) is 12.6 Å². The lowest BCUT2D eigenvalue weighted by molar-refractivity contribution is -0.161. The van der Waals surface area contributed by atoms with Crippen LogP contribution in [0.3, 0.4) is 0 Å². The van der Waals surface area contributed by atoms with Gasteiger partial charge in [0.15, 0.2) is 0 Å². The Morgan fingerprint density at radius 2 is 2.07 bits per heavy atom. The van der Waals surface area contributed by atoms with Crippen LogP contribution in [0, 0.1) is 0 Å². The molecular weight excluding hydrogens is 231 g/mol. The van der Waals surface area contributed by atoms with Gasteiger partial charge in [-0.25, -0.2) is 0 Å². The summed E-state index contributed by atoms with van der Waals surface area (Å²) in [7, 11) is 0. The summed E-state index contributed by atoms with van der Waals surface area (Å²) in [4.78, 5) is 11.9. The molecule has 1 amide bonds. The van der Waals surface area contributed by atoms with Crippen molar-refractivity contribution in [1.82, 2.24) is 4.90 Å². The Balaban J connectivity index is 4.18. The summed E-state index contributed by atoms with van der Waals surface area (Å²) in [6, 6.07) is 0. The van der Waals surface area contributed by atoms with E-state index in [9.17, 15) is 18.0 Å². The number of carbonyl (C=O) groups is 1. The van der Waals surface area contributed by atoms with Crippen LogP contribution >= 0.6 is 11.8 Å². The van der Waals surface area contributed by atoms with Crippen LogP contribution in [0.4, 0.5) is 13.2 Å². The highest BCUT2D eigenvalue weighted by molar-refractivity contribution is 7.98. The van der Waals surface area contributed by atoms with Crippen molar-refractivity contribution in [1.29, 1.82) is 0 Å². The highest BCUT2D eigenvalue weighted by Gasteiger charge is 2.32. The second-order valence-corrected chi connectivity index (χ2v) is 3.88. The minimum Gasteiger partial charge on any atom is -0.395 e. The van der Waals surface area contributed by atoms with E-state index in [1.54, 1.807) is 6.26 Å². The Kier molecular flexibility index (Phi) is 6.75. The maximum absolute atomic E-state index is 12.0. The van der Waals surface area contributed by atoms with Crippen LogP contribution in [-0.2, 0) is 4.79 Å². The fourth-order valence-corrected chi connectivity index (χ4v) is 1.36. The van der Waals surface area contributed by atoms with Gasteiger partial charge in [0.1, 0.15) is 6.54 Å². The minimum atomic E-state index is -4.41. The van der Waals surface area contributed by atoms with Crippen molar-refractivity contribution in [2.24, 2.45) is 0 Å². The number of amides is 1. The van der Waals surface area contributed by atoms with E-state index in [4.69, 9.17) is 5.11 Å². The van der Waals surface area contributed by atoms with Gasteiger partial charge >= 0.3 is 6.18 Å². The van der Waals surface area contributed by atoms with Crippen LogP contribution in [0.2, 0.25) is 0 Å². The topological polar surface area (TPSA) is 40.5 Å². The molecule has 0 spiro atoms. The van der Waals surface area contributed by atoms with Gasteiger partial charge in [0.25, 0.3) is 0 Å². The summed E-state index contributed by atoms with van der Waals surface area (Å²) < 4.78 is 36.1. The number of hydrogen-bond acceptors (Lipinski definition) is 3. The standard InChI is InChI=1S/C8H14F3NO2S/c1-15-5-2-7(14)12(3-4-13)6-8(9,10)11/h13H,2-6H2,1H3. The Morgan fingerprint density at radius 3 is 2.47 bits per heavy atom. The van der Waals surface area contributed by atoms with Crippen LogP contribution in [-0.4, -0.2) is 53.8 Å². The fraction of sp³-hybridized carbons (Fsp3) is 0.875. The predicted octanol–water partition coefficient (Wildman–Crippen LogP) is 1.12. The number of thioether (sulfide) groups is 1. The Labute approximate surface area is 90.6 Å². The molecule has 0 bridgehead atoms. The lowest BCUT2D eigenvalue weighted by atomic mass is 10.3. The first-order chi connectivity index (χ1) is 6.90. The maximum atomic E-state index is 12.0. The third kappa shape index (κ3) is 7.49. The molecule has 0 saturated heterocycles. The molecular formula is C8H14F3NO2S. The summed E-state index contributed by atoms with van der Waals surface area (Å²) in [6.07, 6.45) is -2.57. The van der Waals surface area contributed by atoms with Crippen molar-refractivity contribution in [3.63, 3.8) is 0 Å². The first-order valence-electron chi connectivity index (χ1n) is 4.35. The fourth-order valence-electron chi connectivity index (χ4n) is 0.977. The van der Waals surface area contributed by atoms with Gasteiger partial charge in [0, 0.05) is 18.7 Å². The summed E-state index contributed by atoms with van der Waals surface area (Å²) in [5.74, 6) is -0.0887. The average molecular weight is 245 g/mol. The zero-order valence-corrected chi connectivity index (χ0v) is 9.20.